The molecule has 0 aliphatic carbocycles. The Hall–Kier alpha value is -3.82. The molecule has 4 rings (SSSR count). The molecule has 0 unspecified atom stereocenters. The van der Waals surface area contributed by atoms with E-state index in [1.807, 2.05) is 36.4 Å². The number of ether oxygens (including phenoxy) is 1. The average Bonchev–Trinajstić information content (AvgIpc) is 3.00. The summed E-state index contributed by atoms with van der Waals surface area (Å²) in [5.74, 6) is -2.73. The minimum atomic E-state index is -1.51. The summed E-state index contributed by atoms with van der Waals surface area (Å²) in [4.78, 5) is 33.4. The summed E-state index contributed by atoms with van der Waals surface area (Å²) in [6, 6.07) is 18.2. The van der Waals surface area contributed by atoms with Gasteiger partial charge in [0.25, 0.3) is 0 Å². The largest absolute Gasteiger partial charge is 0.545 e. The van der Waals surface area contributed by atoms with Crippen molar-refractivity contribution in [3.8, 4) is 0 Å². The van der Waals surface area contributed by atoms with E-state index in [4.69, 9.17) is 14.9 Å². The maximum atomic E-state index is 12.8. The van der Waals surface area contributed by atoms with Gasteiger partial charge in [0.1, 0.15) is 13.1 Å². The second-order valence-electron chi connectivity index (χ2n) is 8.12. The van der Waals surface area contributed by atoms with E-state index in [0.717, 1.165) is 61.7 Å². The number of nitrogens with one attached hydrogen (secondary N) is 1. The molecule has 2 heterocycles. The normalized spacial score (nSPS) is 16.1. The van der Waals surface area contributed by atoms with Crippen molar-refractivity contribution in [1.82, 2.24) is 5.01 Å². The molecule has 2 aliphatic heterocycles. The van der Waals surface area contributed by atoms with E-state index in [9.17, 15) is 19.5 Å². The highest BCUT2D eigenvalue weighted by atomic mass is 16.5. The molecule has 2 aliphatic rings. The molecule has 0 atom stereocenters. The molecule has 0 saturated carbocycles. The second kappa shape index (κ2) is 13.2. The van der Waals surface area contributed by atoms with Crippen LogP contribution < -0.4 is 10.0 Å². The molecular weight excluding hydrogens is 450 g/mol. The minimum absolute atomic E-state index is 0.0744. The first-order valence-corrected chi connectivity index (χ1v) is 11.5. The maximum Gasteiger partial charge on any atom is 0.328 e. The van der Waals surface area contributed by atoms with Crippen LogP contribution in [0.3, 0.4) is 0 Å². The summed E-state index contributed by atoms with van der Waals surface area (Å²) < 4.78 is 5.42. The number of carbonyl (C=O) groups is 3. The third-order valence-electron chi connectivity index (χ3n) is 5.63. The number of fused-ring (bicyclic) bond motifs is 1. The molecule has 0 bridgehead atoms. The molecular formula is C26H29N3O6. The van der Waals surface area contributed by atoms with Crippen molar-refractivity contribution < 1.29 is 34.2 Å². The lowest BCUT2D eigenvalue weighted by molar-refractivity contribution is -0.908. The van der Waals surface area contributed by atoms with Gasteiger partial charge in [-0.15, -0.1) is 0 Å². The summed E-state index contributed by atoms with van der Waals surface area (Å²) >= 11 is 0. The van der Waals surface area contributed by atoms with Crippen molar-refractivity contribution in [3.05, 3.63) is 83.4 Å². The monoisotopic (exact) mass is 479 g/mol. The number of carboxylic acids is 2. The molecule has 2 aromatic carbocycles. The molecule has 9 nitrogen and oxygen atoms in total. The van der Waals surface area contributed by atoms with E-state index in [-0.39, 0.29) is 5.91 Å². The minimum Gasteiger partial charge on any atom is -0.545 e. The highest BCUT2D eigenvalue weighted by molar-refractivity contribution is 6.15. The first-order chi connectivity index (χ1) is 16.9. The van der Waals surface area contributed by atoms with Gasteiger partial charge in [-0.3, -0.25) is 4.79 Å². The van der Waals surface area contributed by atoms with Crippen LogP contribution in [0, 0.1) is 0 Å². The van der Waals surface area contributed by atoms with Crippen molar-refractivity contribution in [2.45, 2.75) is 12.8 Å². The standard InChI is InChI=1S/C22H25N3O2.C4H4O4/c26-21-17-19-9-4-5-10-20(19)22(18-7-2-1-3-8-18)23-25(21)12-6-11-24-13-15-27-16-14-24;5-3(6)1-2-4(7)8/h1-5,7-10H,6,11-17H2;1-2H,(H,5,6)(H,7,8)/b;2-1-. The topological polar surface area (TPSA) is 124 Å². The van der Waals surface area contributed by atoms with Crippen LogP contribution in [0.25, 0.3) is 0 Å². The van der Waals surface area contributed by atoms with E-state index in [0.29, 0.717) is 25.1 Å². The van der Waals surface area contributed by atoms with Crippen LogP contribution in [0.15, 0.2) is 71.9 Å². The lowest BCUT2D eigenvalue weighted by Gasteiger charge is -2.24. The number of amides is 1. The number of rotatable bonds is 7. The fourth-order valence-electron chi connectivity index (χ4n) is 3.90. The van der Waals surface area contributed by atoms with Gasteiger partial charge in [0.15, 0.2) is 0 Å². The smallest absolute Gasteiger partial charge is 0.328 e. The molecule has 0 spiro atoms. The Bertz CT molecular complexity index is 1060. The molecule has 9 heteroatoms. The summed E-state index contributed by atoms with van der Waals surface area (Å²) in [7, 11) is 0. The summed E-state index contributed by atoms with van der Waals surface area (Å²) in [5.41, 5.74) is 4.03. The van der Waals surface area contributed by atoms with Gasteiger partial charge in [0, 0.05) is 30.2 Å². The molecule has 1 saturated heterocycles. The SMILES string of the molecule is O=C([O-])/C=C\C(=O)O.O=C1Cc2ccccc2C(c2ccccc2)=NN1CCC[NH+]1CCOCC1. The second-order valence-corrected chi connectivity index (χ2v) is 8.12. The van der Waals surface area contributed by atoms with Gasteiger partial charge in [0.05, 0.1) is 37.9 Å². The molecule has 2 aromatic rings. The molecule has 2 N–H and O–H groups in total. The zero-order valence-corrected chi connectivity index (χ0v) is 19.4. The number of carboxylic acid groups (broad SMARTS) is 2. The van der Waals surface area contributed by atoms with E-state index in [2.05, 4.69) is 18.2 Å². The van der Waals surface area contributed by atoms with Gasteiger partial charge in [-0.25, -0.2) is 9.80 Å². The Morgan fingerprint density at radius 2 is 1.74 bits per heavy atom. The number of benzene rings is 2. The summed E-state index contributed by atoms with van der Waals surface area (Å²) in [6.07, 6.45) is 2.29. The van der Waals surface area contributed by atoms with Crippen LogP contribution in [0.1, 0.15) is 23.1 Å². The highest BCUT2D eigenvalue weighted by Gasteiger charge is 2.24. The lowest BCUT2D eigenvalue weighted by Crippen LogP contribution is -3.14. The van der Waals surface area contributed by atoms with Crippen LogP contribution in [-0.4, -0.2) is 73.1 Å². The van der Waals surface area contributed by atoms with Gasteiger partial charge in [-0.2, -0.15) is 5.10 Å². The Balaban J connectivity index is 0.000000371. The number of quaternary nitrogens is 1. The predicted octanol–water partition coefficient (Wildman–Crippen LogP) is -0.494. The number of hydrogen-bond acceptors (Lipinski definition) is 6. The predicted molar refractivity (Wildman–Crippen MR) is 127 cm³/mol. The lowest BCUT2D eigenvalue weighted by atomic mass is 9.96. The molecule has 35 heavy (non-hydrogen) atoms. The Morgan fingerprint density at radius 3 is 2.40 bits per heavy atom. The van der Waals surface area contributed by atoms with E-state index >= 15 is 0 Å². The maximum absolute atomic E-state index is 12.8. The van der Waals surface area contributed by atoms with Gasteiger partial charge >= 0.3 is 5.97 Å². The Labute approximate surface area is 203 Å². The molecule has 1 fully saturated rings. The van der Waals surface area contributed by atoms with E-state index in [1.165, 1.54) is 0 Å². The number of morpholine rings is 1. The number of hydrogen-bond donors (Lipinski definition) is 2. The third-order valence-corrected chi connectivity index (χ3v) is 5.63. The highest BCUT2D eigenvalue weighted by Crippen LogP contribution is 2.21. The number of aliphatic carboxylic acids is 2. The molecule has 0 radical (unpaired) electrons. The van der Waals surface area contributed by atoms with Crippen LogP contribution in [0.4, 0.5) is 0 Å². The number of nitrogens with zero attached hydrogens (tertiary/aromatic N) is 2. The van der Waals surface area contributed by atoms with Crippen LogP contribution >= 0.6 is 0 Å². The zero-order chi connectivity index (χ0) is 25.0. The van der Waals surface area contributed by atoms with Crippen LogP contribution in [0.2, 0.25) is 0 Å². The Kier molecular flexibility index (Phi) is 9.70. The van der Waals surface area contributed by atoms with Crippen LogP contribution in [-0.2, 0) is 25.5 Å². The first kappa shape index (κ1) is 25.8. The summed E-state index contributed by atoms with van der Waals surface area (Å²) in [5, 5.41) is 23.7. The van der Waals surface area contributed by atoms with Crippen molar-refractivity contribution >= 4 is 23.6 Å². The van der Waals surface area contributed by atoms with Gasteiger partial charge < -0.3 is 24.6 Å². The molecule has 0 aromatic heterocycles. The fraction of sp³-hybridized carbons (Fsp3) is 0.308. The van der Waals surface area contributed by atoms with Crippen molar-refractivity contribution in [1.29, 1.82) is 0 Å². The van der Waals surface area contributed by atoms with Gasteiger partial charge in [0.2, 0.25) is 5.91 Å². The van der Waals surface area contributed by atoms with Crippen molar-refractivity contribution in [2.24, 2.45) is 5.10 Å². The van der Waals surface area contributed by atoms with E-state index < -0.39 is 11.9 Å². The third kappa shape index (κ3) is 8.16. The van der Waals surface area contributed by atoms with E-state index in [1.54, 1.807) is 9.91 Å². The fourth-order valence-corrected chi connectivity index (χ4v) is 3.90. The molecule has 184 valence electrons. The van der Waals surface area contributed by atoms with Crippen LogP contribution in [0.5, 0.6) is 0 Å². The zero-order valence-electron chi connectivity index (χ0n) is 19.4. The van der Waals surface area contributed by atoms with Crippen molar-refractivity contribution in [2.75, 3.05) is 39.4 Å². The van der Waals surface area contributed by atoms with Crippen molar-refractivity contribution in [3.63, 3.8) is 0 Å². The quantitative estimate of drug-likeness (QED) is 0.517. The first-order valence-electron chi connectivity index (χ1n) is 11.5. The summed E-state index contributed by atoms with van der Waals surface area (Å²) in [6.45, 7) is 5.49. The van der Waals surface area contributed by atoms with Gasteiger partial charge in [-0.1, -0.05) is 54.6 Å². The average molecular weight is 480 g/mol. The Morgan fingerprint density at radius 1 is 1.06 bits per heavy atom. The molecule has 1 amide bonds. The van der Waals surface area contributed by atoms with Gasteiger partial charge in [-0.05, 0) is 11.6 Å². The number of carbonyl (C=O) groups excluding carboxylic acids is 2. The number of hydrazone groups is 1.